The minimum absolute atomic E-state index is 0.634. The van der Waals surface area contributed by atoms with Gasteiger partial charge in [0.05, 0.1) is 18.1 Å². The summed E-state index contributed by atoms with van der Waals surface area (Å²) in [5, 5.41) is 0.699. The number of halogens is 1. The van der Waals surface area contributed by atoms with Gasteiger partial charge >= 0.3 is 0 Å². The van der Waals surface area contributed by atoms with E-state index < -0.39 is 0 Å². The Bertz CT molecular complexity index is 403. The molecule has 0 amide bonds. The molecule has 2 heterocycles. The molecule has 0 radical (unpaired) electrons. The first-order valence-corrected chi connectivity index (χ1v) is 4.50. The zero-order valence-corrected chi connectivity index (χ0v) is 7.69. The van der Waals surface area contributed by atoms with Crippen molar-refractivity contribution in [2.24, 2.45) is 0 Å². The topological polar surface area (TPSA) is 51.6 Å². The van der Waals surface area contributed by atoms with Gasteiger partial charge in [-0.25, -0.2) is 19.9 Å². The second-order valence-corrected chi connectivity index (χ2v) is 2.79. The maximum atomic E-state index is 4.26. The van der Waals surface area contributed by atoms with Crippen molar-refractivity contribution in [1.29, 1.82) is 0 Å². The molecule has 5 heteroatoms. The highest BCUT2D eigenvalue weighted by Gasteiger charge is 1.97. The Labute approximate surface area is 77.2 Å². The van der Waals surface area contributed by atoms with E-state index in [0.717, 1.165) is 11.2 Å². The average molecular weight is 225 g/mol. The van der Waals surface area contributed by atoms with Gasteiger partial charge in [0, 0.05) is 5.33 Å². The van der Waals surface area contributed by atoms with E-state index in [-0.39, 0.29) is 0 Å². The first kappa shape index (κ1) is 7.54. The summed E-state index contributed by atoms with van der Waals surface area (Å²) in [6.45, 7) is 0. The number of aromatic nitrogens is 4. The van der Waals surface area contributed by atoms with E-state index >= 15 is 0 Å². The monoisotopic (exact) mass is 224 g/mol. The van der Waals surface area contributed by atoms with Crippen molar-refractivity contribution in [2.75, 3.05) is 0 Å². The molecule has 0 unspecified atom stereocenters. The smallest absolute Gasteiger partial charge is 0.181 e. The summed E-state index contributed by atoms with van der Waals surface area (Å²) in [7, 11) is 0. The van der Waals surface area contributed by atoms with Crippen molar-refractivity contribution in [3.8, 4) is 0 Å². The third-order valence-corrected chi connectivity index (χ3v) is 1.98. The van der Waals surface area contributed by atoms with Crippen LogP contribution in [0, 0.1) is 0 Å². The van der Waals surface area contributed by atoms with Crippen LogP contribution in [0.25, 0.3) is 11.2 Å². The summed E-state index contributed by atoms with van der Waals surface area (Å²) in [4.78, 5) is 16.2. The predicted octanol–water partition coefficient (Wildman–Crippen LogP) is 1.31. The van der Waals surface area contributed by atoms with Gasteiger partial charge in [-0.05, 0) is 0 Å². The number of fused-ring (bicyclic) bond motifs is 1. The van der Waals surface area contributed by atoms with Crippen molar-refractivity contribution in [2.45, 2.75) is 5.33 Å². The van der Waals surface area contributed by atoms with Crippen molar-refractivity contribution in [3.63, 3.8) is 0 Å². The van der Waals surface area contributed by atoms with Crippen LogP contribution in [0.4, 0.5) is 0 Å². The van der Waals surface area contributed by atoms with Crippen LogP contribution in [-0.4, -0.2) is 19.9 Å². The summed E-state index contributed by atoms with van der Waals surface area (Å²) < 4.78 is 0. The highest BCUT2D eigenvalue weighted by Crippen LogP contribution is 2.06. The first-order chi connectivity index (χ1) is 5.90. The van der Waals surface area contributed by atoms with Crippen LogP contribution in [0.2, 0.25) is 0 Å². The highest BCUT2D eigenvalue weighted by molar-refractivity contribution is 9.08. The van der Waals surface area contributed by atoms with Gasteiger partial charge in [-0.2, -0.15) is 0 Å². The van der Waals surface area contributed by atoms with Gasteiger partial charge in [-0.3, -0.25) is 0 Å². The summed E-state index contributed by atoms with van der Waals surface area (Å²) >= 11 is 3.30. The fourth-order valence-corrected chi connectivity index (χ4v) is 1.15. The summed E-state index contributed by atoms with van der Waals surface area (Å²) in [6, 6.07) is 0. The Morgan fingerprint density at radius 2 is 2.17 bits per heavy atom. The fourth-order valence-electron chi connectivity index (χ4n) is 0.878. The third-order valence-electron chi connectivity index (χ3n) is 1.41. The molecule has 0 fully saturated rings. The number of rotatable bonds is 1. The molecule has 0 atom stereocenters. The minimum atomic E-state index is 0.634. The van der Waals surface area contributed by atoms with Gasteiger partial charge < -0.3 is 0 Å². The van der Waals surface area contributed by atoms with E-state index in [1.165, 1.54) is 6.33 Å². The molecule has 0 aliphatic rings. The number of alkyl halides is 1. The normalized spacial score (nSPS) is 10.4. The van der Waals surface area contributed by atoms with E-state index in [1.54, 1.807) is 12.4 Å². The second kappa shape index (κ2) is 3.10. The molecular weight excluding hydrogens is 220 g/mol. The maximum Gasteiger partial charge on any atom is 0.181 e. The highest BCUT2D eigenvalue weighted by atomic mass is 79.9. The molecule has 2 aromatic rings. The zero-order valence-electron chi connectivity index (χ0n) is 6.11. The van der Waals surface area contributed by atoms with Crippen molar-refractivity contribution in [3.05, 3.63) is 24.4 Å². The second-order valence-electron chi connectivity index (χ2n) is 2.23. The molecule has 0 aromatic carbocycles. The maximum absolute atomic E-state index is 4.26. The molecule has 0 saturated heterocycles. The van der Waals surface area contributed by atoms with E-state index in [1.807, 2.05) is 0 Å². The molecule has 4 nitrogen and oxygen atoms in total. The average Bonchev–Trinajstić information content (AvgIpc) is 2.17. The van der Waals surface area contributed by atoms with Gasteiger partial charge in [0.2, 0.25) is 0 Å². The molecular formula is C7H5BrN4. The standard InChI is InChI=1S/C7H5BrN4/c8-1-5-2-10-7-6(12-5)3-9-4-11-7/h2-4H,1H2. The van der Waals surface area contributed by atoms with Crippen LogP contribution in [0.15, 0.2) is 18.7 Å². The number of hydrogen-bond donors (Lipinski definition) is 0. The van der Waals surface area contributed by atoms with Crippen LogP contribution >= 0.6 is 15.9 Å². The lowest BCUT2D eigenvalue weighted by molar-refractivity contribution is 1.10. The van der Waals surface area contributed by atoms with E-state index in [9.17, 15) is 0 Å². The molecule has 0 N–H and O–H groups in total. The Morgan fingerprint density at radius 3 is 3.00 bits per heavy atom. The van der Waals surface area contributed by atoms with E-state index in [2.05, 4.69) is 35.9 Å². The lowest BCUT2D eigenvalue weighted by Crippen LogP contribution is -1.92. The Hall–Kier alpha value is -1.10. The molecule has 0 spiro atoms. The quantitative estimate of drug-likeness (QED) is 0.686. The van der Waals surface area contributed by atoms with Crippen molar-refractivity contribution in [1.82, 2.24) is 19.9 Å². The largest absolute Gasteiger partial charge is 0.245 e. The summed E-state index contributed by atoms with van der Waals surface area (Å²) in [5.41, 5.74) is 2.25. The molecule has 0 aliphatic carbocycles. The molecule has 0 saturated carbocycles. The SMILES string of the molecule is BrCc1cnc2ncncc2n1. The van der Waals surface area contributed by atoms with Gasteiger partial charge in [0.15, 0.2) is 5.65 Å². The van der Waals surface area contributed by atoms with Gasteiger partial charge in [-0.1, -0.05) is 15.9 Å². The zero-order chi connectivity index (χ0) is 8.39. The molecule has 0 bridgehead atoms. The van der Waals surface area contributed by atoms with Crippen LogP contribution in [0.5, 0.6) is 0 Å². The van der Waals surface area contributed by atoms with Crippen LogP contribution < -0.4 is 0 Å². The van der Waals surface area contributed by atoms with E-state index in [0.29, 0.717) is 11.0 Å². The van der Waals surface area contributed by atoms with Crippen LogP contribution in [0.3, 0.4) is 0 Å². The minimum Gasteiger partial charge on any atom is -0.245 e. The number of hydrogen-bond acceptors (Lipinski definition) is 4. The van der Waals surface area contributed by atoms with Crippen LogP contribution in [-0.2, 0) is 5.33 Å². The van der Waals surface area contributed by atoms with Crippen molar-refractivity contribution >= 4 is 27.1 Å². The molecule has 0 aliphatic heterocycles. The molecule has 12 heavy (non-hydrogen) atoms. The van der Waals surface area contributed by atoms with Gasteiger partial charge in [-0.15, -0.1) is 0 Å². The lowest BCUT2D eigenvalue weighted by atomic mass is 10.4. The predicted molar refractivity (Wildman–Crippen MR) is 47.8 cm³/mol. The molecule has 2 aromatic heterocycles. The Balaban J connectivity index is 2.67. The summed E-state index contributed by atoms with van der Waals surface area (Å²) in [5.74, 6) is 0. The molecule has 2 rings (SSSR count). The summed E-state index contributed by atoms with van der Waals surface area (Å²) in [6.07, 6.45) is 4.82. The first-order valence-electron chi connectivity index (χ1n) is 3.38. The fraction of sp³-hybridized carbons (Fsp3) is 0.143. The number of nitrogens with zero attached hydrogens (tertiary/aromatic N) is 4. The lowest BCUT2D eigenvalue weighted by Gasteiger charge is -1.95. The Morgan fingerprint density at radius 1 is 1.25 bits per heavy atom. The van der Waals surface area contributed by atoms with Crippen LogP contribution in [0.1, 0.15) is 5.69 Å². The van der Waals surface area contributed by atoms with E-state index in [4.69, 9.17) is 0 Å². The molecule has 60 valence electrons. The Kier molecular flexibility index (Phi) is 1.95. The third kappa shape index (κ3) is 1.27. The van der Waals surface area contributed by atoms with Crippen molar-refractivity contribution < 1.29 is 0 Å². The van der Waals surface area contributed by atoms with Gasteiger partial charge in [0.25, 0.3) is 0 Å². The van der Waals surface area contributed by atoms with Gasteiger partial charge in [0.1, 0.15) is 11.8 Å².